The minimum atomic E-state index is -0.166. The molecule has 0 heterocycles. The first-order valence-electron chi connectivity index (χ1n) is 4.54. The molecule has 13 heavy (non-hydrogen) atoms. The second kappa shape index (κ2) is 4.38. The molecule has 1 rings (SSSR count). The van der Waals surface area contributed by atoms with Crippen molar-refractivity contribution in [3.05, 3.63) is 35.1 Å². The van der Waals surface area contributed by atoms with Crippen molar-refractivity contribution in [1.29, 1.82) is 0 Å². The number of aliphatic hydroxyl groups is 1. The Morgan fingerprint density at radius 3 is 2.54 bits per heavy atom. The van der Waals surface area contributed by atoms with E-state index in [-0.39, 0.29) is 18.3 Å². The zero-order valence-corrected chi connectivity index (χ0v) is 8.05. The lowest BCUT2D eigenvalue weighted by atomic mass is 10.0. The van der Waals surface area contributed by atoms with E-state index >= 15 is 0 Å². The zero-order chi connectivity index (χ0) is 9.84. The van der Waals surface area contributed by atoms with Crippen molar-refractivity contribution in [2.24, 2.45) is 0 Å². The molecule has 1 nitrogen and oxygen atoms in total. The van der Waals surface area contributed by atoms with E-state index in [1.807, 2.05) is 19.9 Å². The van der Waals surface area contributed by atoms with Crippen molar-refractivity contribution in [3.63, 3.8) is 0 Å². The molecule has 1 N–H and O–H groups in total. The van der Waals surface area contributed by atoms with Crippen LogP contribution in [0.1, 0.15) is 30.9 Å². The Morgan fingerprint density at radius 2 is 2.08 bits per heavy atom. The summed E-state index contributed by atoms with van der Waals surface area (Å²) in [7, 11) is 0. The van der Waals surface area contributed by atoms with Gasteiger partial charge in [0.05, 0.1) is 0 Å². The molecule has 1 aromatic carbocycles. The van der Waals surface area contributed by atoms with E-state index < -0.39 is 0 Å². The van der Waals surface area contributed by atoms with Crippen LogP contribution in [-0.2, 0) is 6.42 Å². The molecule has 0 aromatic heterocycles. The van der Waals surface area contributed by atoms with Crippen molar-refractivity contribution in [2.75, 3.05) is 6.61 Å². The lowest BCUT2D eigenvalue weighted by Crippen LogP contribution is -1.96. The fourth-order valence-electron chi connectivity index (χ4n) is 1.32. The Morgan fingerprint density at radius 1 is 1.38 bits per heavy atom. The van der Waals surface area contributed by atoms with Crippen LogP contribution in [0.5, 0.6) is 0 Å². The topological polar surface area (TPSA) is 20.2 Å². The third-order valence-corrected chi connectivity index (χ3v) is 2.09. The van der Waals surface area contributed by atoms with E-state index in [1.165, 1.54) is 6.07 Å². The average Bonchev–Trinajstić information content (AvgIpc) is 2.04. The molecule has 0 unspecified atom stereocenters. The van der Waals surface area contributed by atoms with E-state index in [0.717, 1.165) is 11.1 Å². The number of halogens is 1. The van der Waals surface area contributed by atoms with Gasteiger partial charge in [0, 0.05) is 6.61 Å². The van der Waals surface area contributed by atoms with Gasteiger partial charge < -0.3 is 5.11 Å². The Balaban J connectivity index is 2.92. The molecular formula is C11H15FO. The van der Waals surface area contributed by atoms with Gasteiger partial charge in [-0.3, -0.25) is 0 Å². The molecular weight excluding hydrogens is 167 g/mol. The quantitative estimate of drug-likeness (QED) is 0.761. The highest BCUT2D eigenvalue weighted by Crippen LogP contribution is 2.19. The number of hydrogen-bond donors (Lipinski definition) is 1. The third-order valence-electron chi connectivity index (χ3n) is 2.09. The summed E-state index contributed by atoms with van der Waals surface area (Å²) in [6.07, 6.45) is 0.523. The molecule has 0 spiro atoms. The maximum absolute atomic E-state index is 13.3. The molecule has 0 aliphatic heterocycles. The van der Waals surface area contributed by atoms with Gasteiger partial charge in [-0.1, -0.05) is 26.0 Å². The van der Waals surface area contributed by atoms with Gasteiger partial charge in [-0.2, -0.15) is 0 Å². The monoisotopic (exact) mass is 182 g/mol. The van der Waals surface area contributed by atoms with E-state index in [0.29, 0.717) is 6.42 Å². The van der Waals surface area contributed by atoms with Crippen LogP contribution >= 0.6 is 0 Å². The normalized spacial score (nSPS) is 10.8. The predicted molar refractivity (Wildman–Crippen MR) is 51.3 cm³/mol. The van der Waals surface area contributed by atoms with E-state index in [2.05, 4.69) is 0 Å². The summed E-state index contributed by atoms with van der Waals surface area (Å²) in [5.41, 5.74) is 1.59. The van der Waals surface area contributed by atoms with Crippen LogP contribution in [0.25, 0.3) is 0 Å². The fraction of sp³-hybridized carbons (Fsp3) is 0.455. The van der Waals surface area contributed by atoms with Crippen LogP contribution < -0.4 is 0 Å². The van der Waals surface area contributed by atoms with Crippen LogP contribution in [-0.4, -0.2) is 11.7 Å². The van der Waals surface area contributed by atoms with Gasteiger partial charge in [-0.15, -0.1) is 0 Å². The van der Waals surface area contributed by atoms with Crippen LogP contribution in [0, 0.1) is 5.82 Å². The van der Waals surface area contributed by atoms with Crippen LogP contribution in [0.2, 0.25) is 0 Å². The van der Waals surface area contributed by atoms with Gasteiger partial charge in [0.25, 0.3) is 0 Å². The Labute approximate surface area is 78.2 Å². The molecule has 0 saturated carbocycles. The van der Waals surface area contributed by atoms with Crippen LogP contribution in [0.15, 0.2) is 18.2 Å². The number of rotatable bonds is 3. The SMILES string of the molecule is CC(C)c1ccc(CCO)cc1F. The summed E-state index contributed by atoms with van der Waals surface area (Å²) in [6, 6.07) is 5.17. The summed E-state index contributed by atoms with van der Waals surface area (Å²) in [5.74, 6) is 0.0455. The third kappa shape index (κ3) is 2.52. The molecule has 0 atom stereocenters. The van der Waals surface area contributed by atoms with Gasteiger partial charge in [0.15, 0.2) is 0 Å². The number of benzene rings is 1. The zero-order valence-electron chi connectivity index (χ0n) is 8.05. The first-order valence-corrected chi connectivity index (χ1v) is 4.54. The fourth-order valence-corrected chi connectivity index (χ4v) is 1.32. The molecule has 2 heteroatoms. The Hall–Kier alpha value is -0.890. The largest absolute Gasteiger partial charge is 0.396 e. The first-order chi connectivity index (χ1) is 6.15. The van der Waals surface area contributed by atoms with E-state index in [4.69, 9.17) is 5.11 Å². The van der Waals surface area contributed by atoms with E-state index in [9.17, 15) is 4.39 Å². The number of hydrogen-bond acceptors (Lipinski definition) is 1. The second-order valence-corrected chi connectivity index (χ2v) is 3.48. The molecule has 0 aliphatic rings. The molecule has 0 radical (unpaired) electrons. The molecule has 0 bridgehead atoms. The predicted octanol–water partition coefficient (Wildman–Crippen LogP) is 2.48. The van der Waals surface area contributed by atoms with E-state index in [1.54, 1.807) is 6.07 Å². The van der Waals surface area contributed by atoms with Crippen molar-refractivity contribution in [2.45, 2.75) is 26.2 Å². The molecule has 1 aromatic rings. The van der Waals surface area contributed by atoms with Crippen molar-refractivity contribution in [3.8, 4) is 0 Å². The average molecular weight is 182 g/mol. The molecule has 72 valence electrons. The highest BCUT2D eigenvalue weighted by Gasteiger charge is 2.06. The summed E-state index contributed by atoms with van der Waals surface area (Å²) in [4.78, 5) is 0. The van der Waals surface area contributed by atoms with Gasteiger partial charge >= 0.3 is 0 Å². The standard InChI is InChI=1S/C11H15FO/c1-8(2)10-4-3-9(5-6-13)7-11(10)12/h3-4,7-8,13H,5-6H2,1-2H3. The smallest absolute Gasteiger partial charge is 0.126 e. The minimum Gasteiger partial charge on any atom is -0.396 e. The maximum Gasteiger partial charge on any atom is 0.126 e. The Bertz CT molecular complexity index is 281. The molecule has 0 aliphatic carbocycles. The highest BCUT2D eigenvalue weighted by atomic mass is 19.1. The molecule has 0 saturated heterocycles. The Kier molecular flexibility index (Phi) is 3.43. The first kappa shape index (κ1) is 10.2. The molecule has 0 fully saturated rings. The minimum absolute atomic E-state index is 0.0699. The van der Waals surface area contributed by atoms with Gasteiger partial charge in [-0.05, 0) is 29.5 Å². The second-order valence-electron chi connectivity index (χ2n) is 3.48. The van der Waals surface area contributed by atoms with Crippen LogP contribution in [0.3, 0.4) is 0 Å². The lowest BCUT2D eigenvalue weighted by molar-refractivity contribution is 0.299. The highest BCUT2D eigenvalue weighted by molar-refractivity contribution is 5.26. The summed E-state index contributed by atoms with van der Waals surface area (Å²) in [5, 5.41) is 8.67. The molecule has 0 amide bonds. The van der Waals surface area contributed by atoms with Crippen molar-refractivity contribution >= 4 is 0 Å². The summed E-state index contributed by atoms with van der Waals surface area (Å²) >= 11 is 0. The maximum atomic E-state index is 13.3. The van der Waals surface area contributed by atoms with Crippen molar-refractivity contribution < 1.29 is 9.50 Å². The van der Waals surface area contributed by atoms with Crippen molar-refractivity contribution in [1.82, 2.24) is 0 Å². The van der Waals surface area contributed by atoms with Crippen LogP contribution in [0.4, 0.5) is 4.39 Å². The summed E-state index contributed by atoms with van der Waals surface area (Å²) in [6.45, 7) is 3.99. The number of aliphatic hydroxyl groups excluding tert-OH is 1. The summed E-state index contributed by atoms with van der Waals surface area (Å²) < 4.78 is 13.3. The van der Waals surface area contributed by atoms with Gasteiger partial charge in [0.1, 0.15) is 5.82 Å². The van der Waals surface area contributed by atoms with Gasteiger partial charge in [0.2, 0.25) is 0 Å². The van der Waals surface area contributed by atoms with Gasteiger partial charge in [-0.25, -0.2) is 4.39 Å². The lowest BCUT2D eigenvalue weighted by Gasteiger charge is -2.08.